The minimum absolute atomic E-state index is 0.139. The molecule has 2 aromatic rings. The van der Waals surface area contributed by atoms with E-state index in [0.29, 0.717) is 5.69 Å². The van der Waals surface area contributed by atoms with Gasteiger partial charge in [-0.1, -0.05) is 22.9 Å². The molecule has 1 N–H and O–H groups in total. The molecule has 0 saturated carbocycles. The summed E-state index contributed by atoms with van der Waals surface area (Å²) in [5.74, 6) is -1.24. The molecule has 4 nitrogen and oxygen atoms in total. The zero-order chi connectivity index (χ0) is 12.6. The standard InChI is InChI=1S/C13H13NO3/c1-7-4-8(2)12(9(3)5-7)10-6-11(13(15)16)17-14-10/h4-6H,1-3H3,(H,15,16). The average molecular weight is 231 g/mol. The van der Waals surface area contributed by atoms with Gasteiger partial charge in [-0.3, -0.25) is 0 Å². The minimum atomic E-state index is -1.11. The first-order valence-electron chi connectivity index (χ1n) is 5.27. The van der Waals surface area contributed by atoms with E-state index in [0.717, 1.165) is 16.7 Å². The SMILES string of the molecule is Cc1cc(C)c(-c2cc(C(=O)O)on2)c(C)c1. The van der Waals surface area contributed by atoms with Crippen molar-refractivity contribution in [3.8, 4) is 11.3 Å². The van der Waals surface area contributed by atoms with Crippen LogP contribution in [0.3, 0.4) is 0 Å². The average Bonchev–Trinajstić information content (AvgIpc) is 2.65. The molecule has 2 rings (SSSR count). The van der Waals surface area contributed by atoms with E-state index in [9.17, 15) is 4.79 Å². The highest BCUT2D eigenvalue weighted by atomic mass is 16.5. The highest BCUT2D eigenvalue weighted by Crippen LogP contribution is 2.27. The van der Waals surface area contributed by atoms with E-state index in [1.165, 1.54) is 11.6 Å². The van der Waals surface area contributed by atoms with Crippen LogP contribution in [-0.4, -0.2) is 16.2 Å². The molecule has 0 saturated heterocycles. The molecule has 0 aliphatic rings. The van der Waals surface area contributed by atoms with E-state index in [2.05, 4.69) is 5.16 Å². The third kappa shape index (κ3) is 2.06. The minimum Gasteiger partial charge on any atom is -0.475 e. The van der Waals surface area contributed by atoms with Gasteiger partial charge in [0, 0.05) is 11.6 Å². The van der Waals surface area contributed by atoms with E-state index in [1.54, 1.807) is 0 Å². The van der Waals surface area contributed by atoms with Crippen LogP contribution in [0.4, 0.5) is 0 Å². The van der Waals surface area contributed by atoms with Crippen LogP contribution in [0, 0.1) is 20.8 Å². The summed E-state index contributed by atoms with van der Waals surface area (Å²) in [6.45, 7) is 5.98. The lowest BCUT2D eigenvalue weighted by molar-refractivity contribution is 0.0652. The third-order valence-electron chi connectivity index (χ3n) is 2.65. The largest absolute Gasteiger partial charge is 0.475 e. The van der Waals surface area contributed by atoms with Gasteiger partial charge >= 0.3 is 5.97 Å². The number of nitrogens with zero attached hydrogens (tertiary/aromatic N) is 1. The fourth-order valence-electron chi connectivity index (χ4n) is 2.08. The molecule has 17 heavy (non-hydrogen) atoms. The Labute approximate surface area is 98.9 Å². The highest BCUT2D eigenvalue weighted by Gasteiger charge is 2.15. The predicted octanol–water partition coefficient (Wildman–Crippen LogP) is 2.97. The van der Waals surface area contributed by atoms with Crippen molar-refractivity contribution in [2.24, 2.45) is 0 Å². The number of aromatic nitrogens is 1. The normalized spacial score (nSPS) is 10.5. The Morgan fingerprint density at radius 2 is 1.76 bits per heavy atom. The second-order valence-electron chi connectivity index (χ2n) is 4.16. The van der Waals surface area contributed by atoms with Gasteiger partial charge in [-0.25, -0.2) is 4.79 Å². The maximum absolute atomic E-state index is 10.7. The van der Waals surface area contributed by atoms with Crippen molar-refractivity contribution in [1.82, 2.24) is 5.16 Å². The molecule has 1 aromatic carbocycles. The summed E-state index contributed by atoms with van der Waals surface area (Å²) in [6.07, 6.45) is 0. The van der Waals surface area contributed by atoms with Gasteiger partial charge in [0.2, 0.25) is 5.76 Å². The summed E-state index contributed by atoms with van der Waals surface area (Å²) >= 11 is 0. The zero-order valence-electron chi connectivity index (χ0n) is 9.94. The summed E-state index contributed by atoms with van der Waals surface area (Å²) < 4.78 is 4.77. The number of carbonyl (C=O) groups is 1. The Hall–Kier alpha value is -2.10. The first-order chi connectivity index (χ1) is 7.99. The molecule has 0 atom stereocenters. The van der Waals surface area contributed by atoms with Crippen molar-refractivity contribution in [3.63, 3.8) is 0 Å². The number of carboxylic acids is 1. The first-order valence-corrected chi connectivity index (χ1v) is 5.27. The molecule has 0 bridgehead atoms. The van der Waals surface area contributed by atoms with Crippen LogP contribution in [0.15, 0.2) is 22.7 Å². The summed E-state index contributed by atoms with van der Waals surface area (Å²) in [6, 6.07) is 5.53. The summed E-state index contributed by atoms with van der Waals surface area (Å²) in [4.78, 5) is 10.7. The molecular formula is C13H13NO3. The predicted molar refractivity (Wildman–Crippen MR) is 63.1 cm³/mol. The smallest absolute Gasteiger partial charge is 0.374 e. The number of hydrogen-bond acceptors (Lipinski definition) is 3. The fraction of sp³-hybridized carbons (Fsp3) is 0.231. The molecule has 0 spiro atoms. The molecule has 4 heteroatoms. The summed E-state index contributed by atoms with van der Waals surface area (Å²) in [5.41, 5.74) is 4.80. The van der Waals surface area contributed by atoms with E-state index in [-0.39, 0.29) is 5.76 Å². The molecule has 0 aliphatic heterocycles. The molecule has 0 amide bonds. The van der Waals surface area contributed by atoms with Crippen LogP contribution in [0.1, 0.15) is 27.2 Å². The molecule has 1 aromatic heterocycles. The van der Waals surface area contributed by atoms with Crippen molar-refractivity contribution in [2.75, 3.05) is 0 Å². The molecular weight excluding hydrogens is 218 g/mol. The van der Waals surface area contributed by atoms with Gasteiger partial charge in [-0.05, 0) is 31.9 Å². The Balaban J connectivity index is 2.56. The van der Waals surface area contributed by atoms with E-state index in [1.807, 2.05) is 32.9 Å². The monoisotopic (exact) mass is 231 g/mol. The van der Waals surface area contributed by atoms with Crippen LogP contribution < -0.4 is 0 Å². The summed E-state index contributed by atoms with van der Waals surface area (Å²) in [7, 11) is 0. The fourth-order valence-corrected chi connectivity index (χ4v) is 2.08. The van der Waals surface area contributed by atoms with Crippen molar-refractivity contribution in [1.29, 1.82) is 0 Å². The van der Waals surface area contributed by atoms with Gasteiger partial charge in [-0.2, -0.15) is 0 Å². The van der Waals surface area contributed by atoms with E-state index < -0.39 is 5.97 Å². The van der Waals surface area contributed by atoms with Gasteiger partial charge < -0.3 is 9.63 Å². The molecule has 0 radical (unpaired) electrons. The number of benzene rings is 1. The summed E-state index contributed by atoms with van der Waals surface area (Å²) in [5, 5.41) is 12.6. The van der Waals surface area contributed by atoms with E-state index >= 15 is 0 Å². The molecule has 0 unspecified atom stereocenters. The van der Waals surface area contributed by atoms with Gasteiger partial charge in [0.15, 0.2) is 0 Å². The van der Waals surface area contributed by atoms with Gasteiger partial charge in [-0.15, -0.1) is 0 Å². The zero-order valence-corrected chi connectivity index (χ0v) is 9.94. The van der Waals surface area contributed by atoms with Crippen molar-refractivity contribution in [3.05, 3.63) is 40.6 Å². The maximum Gasteiger partial charge on any atom is 0.374 e. The maximum atomic E-state index is 10.7. The third-order valence-corrected chi connectivity index (χ3v) is 2.65. The Morgan fingerprint density at radius 3 is 2.24 bits per heavy atom. The topological polar surface area (TPSA) is 63.3 Å². The number of aryl methyl sites for hydroxylation is 3. The van der Waals surface area contributed by atoms with Crippen LogP contribution in [0.25, 0.3) is 11.3 Å². The van der Waals surface area contributed by atoms with Crippen molar-refractivity contribution >= 4 is 5.97 Å². The highest BCUT2D eigenvalue weighted by molar-refractivity contribution is 5.86. The molecule has 0 aliphatic carbocycles. The number of hydrogen-bond donors (Lipinski definition) is 1. The van der Waals surface area contributed by atoms with Gasteiger partial charge in [0.1, 0.15) is 5.69 Å². The Kier molecular flexibility index (Phi) is 2.71. The number of aromatic carboxylic acids is 1. The lowest BCUT2D eigenvalue weighted by Gasteiger charge is -2.07. The van der Waals surface area contributed by atoms with Crippen molar-refractivity contribution in [2.45, 2.75) is 20.8 Å². The molecule has 0 fully saturated rings. The van der Waals surface area contributed by atoms with Crippen LogP contribution in [-0.2, 0) is 0 Å². The molecule has 88 valence electrons. The first kappa shape index (κ1) is 11.4. The van der Waals surface area contributed by atoms with Gasteiger partial charge in [0.05, 0.1) is 0 Å². The van der Waals surface area contributed by atoms with Crippen LogP contribution >= 0.6 is 0 Å². The van der Waals surface area contributed by atoms with Crippen molar-refractivity contribution < 1.29 is 14.4 Å². The Morgan fingerprint density at radius 1 is 1.18 bits per heavy atom. The second-order valence-corrected chi connectivity index (χ2v) is 4.16. The van der Waals surface area contributed by atoms with Crippen LogP contribution in [0.2, 0.25) is 0 Å². The lowest BCUT2D eigenvalue weighted by atomic mass is 9.97. The Bertz CT molecular complexity index is 561. The number of rotatable bonds is 2. The second kappa shape index (κ2) is 4.05. The van der Waals surface area contributed by atoms with E-state index in [4.69, 9.17) is 9.63 Å². The molecule has 1 heterocycles. The van der Waals surface area contributed by atoms with Gasteiger partial charge in [0.25, 0.3) is 0 Å². The van der Waals surface area contributed by atoms with Crippen LogP contribution in [0.5, 0.6) is 0 Å². The number of carboxylic acid groups (broad SMARTS) is 1. The lowest BCUT2D eigenvalue weighted by Crippen LogP contribution is -1.92. The quantitative estimate of drug-likeness (QED) is 0.863.